The summed E-state index contributed by atoms with van der Waals surface area (Å²) < 4.78 is 4.10. The number of aliphatic carboxylic acids is 1. The zero-order valence-corrected chi connectivity index (χ0v) is 5.11. The molecule has 0 unspecified atom stereocenters. The third-order valence-corrected chi connectivity index (χ3v) is 0.722. The summed E-state index contributed by atoms with van der Waals surface area (Å²) >= 11 is 0. The zero-order valence-electron chi connectivity index (χ0n) is 5.11. The number of amides is 1. The van der Waals surface area contributed by atoms with E-state index in [1.165, 1.54) is 0 Å². The summed E-state index contributed by atoms with van der Waals surface area (Å²) in [5.41, 5.74) is 9.46. The maximum absolute atomic E-state index is 9.95. The average Bonchev–Trinajstić information content (AvgIpc) is 1.82. The number of rotatable bonds is 3. The molecule has 0 aromatic rings. The van der Waals surface area contributed by atoms with Gasteiger partial charge in [0.25, 0.3) is 0 Å². The fourth-order valence-corrected chi connectivity index (χ4v) is 0.243. The minimum absolute atomic E-state index is 0.398. The molecule has 58 valence electrons. The Bertz CT molecular complexity index is 146. The van der Waals surface area contributed by atoms with Gasteiger partial charge < -0.3 is 21.3 Å². The van der Waals surface area contributed by atoms with Crippen molar-refractivity contribution in [1.29, 1.82) is 0 Å². The highest BCUT2D eigenvalue weighted by molar-refractivity contribution is 5.74. The van der Waals surface area contributed by atoms with Gasteiger partial charge in [-0.2, -0.15) is 0 Å². The molecule has 5 N–H and O–H groups in total. The van der Waals surface area contributed by atoms with Gasteiger partial charge in [0.1, 0.15) is 12.6 Å². The van der Waals surface area contributed by atoms with E-state index in [1.807, 2.05) is 0 Å². The van der Waals surface area contributed by atoms with Gasteiger partial charge in [0, 0.05) is 0 Å². The standard InChI is InChI=1S/C4H8N2O4/c5-2(3(7)8)1-10-4(6)9/h2H,1,5H2,(H2,6,9)(H,7,8)/t2-/m0/s1. The quantitative estimate of drug-likeness (QED) is 0.450. The van der Waals surface area contributed by atoms with E-state index < -0.39 is 24.7 Å². The molecule has 6 heteroatoms. The first-order chi connectivity index (χ1) is 4.54. The van der Waals surface area contributed by atoms with Crippen LogP contribution in [0.5, 0.6) is 0 Å². The van der Waals surface area contributed by atoms with Crippen molar-refractivity contribution in [2.75, 3.05) is 6.61 Å². The number of ether oxygens (including phenoxy) is 1. The second kappa shape index (κ2) is 3.67. The molecule has 0 rings (SSSR count). The molecular weight excluding hydrogens is 140 g/mol. The van der Waals surface area contributed by atoms with E-state index in [1.54, 1.807) is 0 Å². The van der Waals surface area contributed by atoms with Crippen molar-refractivity contribution in [3.8, 4) is 0 Å². The Morgan fingerprint density at radius 2 is 2.10 bits per heavy atom. The predicted octanol–water partition coefficient (Wildman–Crippen LogP) is -1.51. The lowest BCUT2D eigenvalue weighted by atomic mass is 10.3. The Hall–Kier alpha value is -1.30. The molecule has 0 fully saturated rings. The topological polar surface area (TPSA) is 116 Å². The summed E-state index contributed by atoms with van der Waals surface area (Å²) in [4.78, 5) is 19.8. The van der Waals surface area contributed by atoms with Crippen LogP contribution in [0.1, 0.15) is 0 Å². The molecule has 1 amide bonds. The van der Waals surface area contributed by atoms with Crippen LogP contribution in [0.2, 0.25) is 0 Å². The van der Waals surface area contributed by atoms with E-state index in [0.717, 1.165) is 0 Å². The first kappa shape index (κ1) is 8.70. The van der Waals surface area contributed by atoms with Gasteiger partial charge in [-0.15, -0.1) is 0 Å². The summed E-state index contributed by atoms with van der Waals surface area (Å²) in [6, 6.07) is -1.20. The largest absolute Gasteiger partial charge is 0.480 e. The van der Waals surface area contributed by atoms with Gasteiger partial charge in [-0.05, 0) is 0 Å². The lowest BCUT2D eigenvalue weighted by molar-refractivity contribution is -0.139. The Morgan fingerprint density at radius 1 is 1.60 bits per heavy atom. The Balaban J connectivity index is 3.49. The second-order valence-corrected chi connectivity index (χ2v) is 1.57. The predicted molar refractivity (Wildman–Crippen MR) is 31.1 cm³/mol. The van der Waals surface area contributed by atoms with E-state index in [-0.39, 0.29) is 0 Å². The SMILES string of the molecule is NC(=O)OC[C@H](N)C(=O)O. The van der Waals surface area contributed by atoms with Crippen LogP contribution >= 0.6 is 0 Å². The third kappa shape index (κ3) is 3.67. The molecule has 0 saturated heterocycles. The van der Waals surface area contributed by atoms with Gasteiger partial charge in [0.2, 0.25) is 0 Å². The third-order valence-electron chi connectivity index (χ3n) is 0.722. The smallest absolute Gasteiger partial charge is 0.404 e. The molecule has 1 atom stereocenters. The Morgan fingerprint density at radius 3 is 2.40 bits per heavy atom. The maximum atomic E-state index is 9.95. The normalized spacial score (nSPS) is 12.1. The van der Waals surface area contributed by atoms with Gasteiger partial charge in [0.05, 0.1) is 0 Å². The van der Waals surface area contributed by atoms with Crippen LogP contribution in [-0.4, -0.2) is 29.8 Å². The lowest BCUT2D eigenvalue weighted by Crippen LogP contribution is -2.36. The molecule has 6 nitrogen and oxygen atoms in total. The summed E-state index contributed by atoms with van der Waals surface area (Å²) in [7, 11) is 0. The minimum atomic E-state index is -1.23. The van der Waals surface area contributed by atoms with Crippen molar-refractivity contribution in [1.82, 2.24) is 0 Å². The van der Waals surface area contributed by atoms with Crippen LogP contribution in [0.3, 0.4) is 0 Å². The highest BCUT2D eigenvalue weighted by atomic mass is 16.5. The van der Waals surface area contributed by atoms with Crippen LogP contribution in [0.25, 0.3) is 0 Å². The van der Waals surface area contributed by atoms with Gasteiger partial charge in [-0.25, -0.2) is 4.79 Å². The Labute approximate surface area is 56.7 Å². The number of hydrogen-bond donors (Lipinski definition) is 3. The molecule has 0 aliphatic heterocycles. The minimum Gasteiger partial charge on any atom is -0.480 e. The fourth-order valence-electron chi connectivity index (χ4n) is 0.243. The summed E-state index contributed by atoms with van der Waals surface area (Å²) in [5, 5.41) is 8.14. The van der Waals surface area contributed by atoms with Crippen LogP contribution < -0.4 is 11.5 Å². The molecule has 0 aromatic carbocycles. The van der Waals surface area contributed by atoms with Crippen molar-refractivity contribution in [2.24, 2.45) is 11.5 Å². The summed E-state index contributed by atoms with van der Waals surface area (Å²) in [5.74, 6) is -1.23. The number of carboxylic acid groups (broad SMARTS) is 1. The summed E-state index contributed by atoms with van der Waals surface area (Å²) in [6.07, 6.45) is -1.03. The number of carbonyl (C=O) groups is 2. The van der Waals surface area contributed by atoms with Gasteiger partial charge >= 0.3 is 12.1 Å². The maximum Gasteiger partial charge on any atom is 0.404 e. The molecule has 0 heterocycles. The second-order valence-electron chi connectivity index (χ2n) is 1.57. The molecule has 0 aromatic heterocycles. The van der Waals surface area contributed by atoms with E-state index in [2.05, 4.69) is 10.5 Å². The average molecular weight is 148 g/mol. The molecule has 0 aliphatic rings. The van der Waals surface area contributed by atoms with Crippen LogP contribution in [0.15, 0.2) is 0 Å². The monoisotopic (exact) mass is 148 g/mol. The highest BCUT2D eigenvalue weighted by Crippen LogP contribution is 1.80. The molecule has 0 saturated carbocycles. The van der Waals surface area contributed by atoms with Crippen LogP contribution in [0.4, 0.5) is 4.79 Å². The van der Waals surface area contributed by atoms with Crippen molar-refractivity contribution in [3.05, 3.63) is 0 Å². The molecule has 0 bridgehead atoms. The lowest BCUT2D eigenvalue weighted by Gasteiger charge is -2.04. The molecular formula is C4H8N2O4. The number of carbonyl (C=O) groups excluding carboxylic acids is 1. The fraction of sp³-hybridized carbons (Fsp3) is 0.500. The van der Waals surface area contributed by atoms with Crippen molar-refractivity contribution in [2.45, 2.75) is 6.04 Å². The number of primary amides is 1. The number of hydrogen-bond acceptors (Lipinski definition) is 4. The first-order valence-electron chi connectivity index (χ1n) is 2.44. The molecule has 0 spiro atoms. The number of nitrogens with two attached hydrogens (primary N) is 2. The zero-order chi connectivity index (χ0) is 8.15. The van der Waals surface area contributed by atoms with Crippen molar-refractivity contribution < 1.29 is 19.4 Å². The van der Waals surface area contributed by atoms with Gasteiger partial charge in [-0.1, -0.05) is 0 Å². The molecule has 0 radical (unpaired) electrons. The first-order valence-corrected chi connectivity index (χ1v) is 2.44. The van der Waals surface area contributed by atoms with Crippen molar-refractivity contribution in [3.63, 3.8) is 0 Å². The Kier molecular flexibility index (Phi) is 3.20. The van der Waals surface area contributed by atoms with Gasteiger partial charge in [-0.3, -0.25) is 4.79 Å². The highest BCUT2D eigenvalue weighted by Gasteiger charge is 2.12. The van der Waals surface area contributed by atoms with Gasteiger partial charge in [0.15, 0.2) is 0 Å². The molecule has 10 heavy (non-hydrogen) atoms. The van der Waals surface area contributed by atoms with E-state index in [4.69, 9.17) is 10.8 Å². The van der Waals surface area contributed by atoms with Crippen molar-refractivity contribution >= 4 is 12.1 Å². The van der Waals surface area contributed by atoms with E-state index in [0.29, 0.717) is 0 Å². The molecule has 0 aliphatic carbocycles. The van der Waals surface area contributed by atoms with E-state index >= 15 is 0 Å². The van der Waals surface area contributed by atoms with Crippen LogP contribution in [-0.2, 0) is 9.53 Å². The van der Waals surface area contributed by atoms with E-state index in [9.17, 15) is 9.59 Å². The summed E-state index contributed by atoms with van der Waals surface area (Å²) in [6.45, 7) is -0.398. The number of carboxylic acids is 1. The van der Waals surface area contributed by atoms with Crippen LogP contribution in [0, 0.1) is 0 Å².